The molecule has 0 aliphatic carbocycles. The Labute approximate surface area is 168 Å². The van der Waals surface area contributed by atoms with E-state index >= 15 is 0 Å². The van der Waals surface area contributed by atoms with E-state index in [1.54, 1.807) is 18.2 Å². The molecule has 1 atom stereocenters. The molecule has 0 unspecified atom stereocenters. The highest BCUT2D eigenvalue weighted by Gasteiger charge is 2.17. The summed E-state index contributed by atoms with van der Waals surface area (Å²) >= 11 is 12.0. The molecule has 0 aliphatic rings. The molecule has 0 heterocycles. The van der Waals surface area contributed by atoms with Crippen LogP contribution in [-0.2, 0) is 4.79 Å². The van der Waals surface area contributed by atoms with Crippen molar-refractivity contribution in [1.29, 1.82) is 0 Å². The smallest absolute Gasteiger partial charge is 0.258 e. The second-order valence-electron chi connectivity index (χ2n) is 6.19. The first-order valence-electron chi connectivity index (χ1n) is 8.51. The van der Waals surface area contributed by atoms with Gasteiger partial charge in [-0.05, 0) is 36.2 Å². The predicted molar refractivity (Wildman–Crippen MR) is 110 cm³/mol. The average Bonchev–Trinajstić information content (AvgIpc) is 2.67. The molecule has 3 aromatic carbocycles. The van der Waals surface area contributed by atoms with Gasteiger partial charge in [-0.1, -0.05) is 83.4 Å². The van der Waals surface area contributed by atoms with Crippen molar-refractivity contribution in [1.82, 2.24) is 5.32 Å². The van der Waals surface area contributed by atoms with Gasteiger partial charge < -0.3 is 10.1 Å². The van der Waals surface area contributed by atoms with E-state index in [-0.39, 0.29) is 18.6 Å². The summed E-state index contributed by atoms with van der Waals surface area (Å²) in [4.78, 5) is 12.5. The third-order valence-electron chi connectivity index (χ3n) is 4.10. The lowest BCUT2D eigenvalue weighted by Crippen LogP contribution is -2.33. The second-order valence-corrected chi connectivity index (χ2v) is 7.03. The maximum absolute atomic E-state index is 12.5. The van der Waals surface area contributed by atoms with Gasteiger partial charge in [0.25, 0.3) is 5.91 Å². The van der Waals surface area contributed by atoms with Crippen molar-refractivity contribution in [2.24, 2.45) is 0 Å². The van der Waals surface area contributed by atoms with Gasteiger partial charge in [0.05, 0.1) is 11.1 Å². The van der Waals surface area contributed by atoms with E-state index in [4.69, 9.17) is 27.9 Å². The number of carbonyl (C=O) groups excluding carboxylic acids is 1. The molecule has 1 N–H and O–H groups in total. The van der Waals surface area contributed by atoms with Crippen molar-refractivity contribution in [3.8, 4) is 5.75 Å². The van der Waals surface area contributed by atoms with Crippen molar-refractivity contribution in [3.63, 3.8) is 0 Å². The Morgan fingerprint density at radius 3 is 2.30 bits per heavy atom. The number of amides is 1. The highest BCUT2D eigenvalue weighted by molar-refractivity contribution is 6.35. The van der Waals surface area contributed by atoms with Gasteiger partial charge in [-0.2, -0.15) is 0 Å². The summed E-state index contributed by atoms with van der Waals surface area (Å²) in [5.74, 6) is 0.179. The fraction of sp³-hybridized carbons (Fsp3) is 0.136. The highest BCUT2D eigenvalue weighted by atomic mass is 35.5. The maximum Gasteiger partial charge on any atom is 0.258 e. The van der Waals surface area contributed by atoms with Crippen LogP contribution in [0.1, 0.15) is 22.7 Å². The molecular formula is C22H19Cl2NO2. The van der Waals surface area contributed by atoms with E-state index in [0.717, 1.165) is 16.7 Å². The van der Waals surface area contributed by atoms with Crippen molar-refractivity contribution in [2.45, 2.75) is 13.0 Å². The van der Waals surface area contributed by atoms with Gasteiger partial charge in [0, 0.05) is 5.02 Å². The second kappa shape index (κ2) is 8.94. The van der Waals surface area contributed by atoms with Gasteiger partial charge in [-0.15, -0.1) is 0 Å². The van der Waals surface area contributed by atoms with Crippen LogP contribution in [0.3, 0.4) is 0 Å². The zero-order valence-electron chi connectivity index (χ0n) is 14.8. The minimum atomic E-state index is -0.261. The van der Waals surface area contributed by atoms with Crippen LogP contribution in [0.25, 0.3) is 0 Å². The molecule has 3 nitrogen and oxygen atoms in total. The van der Waals surface area contributed by atoms with Crippen LogP contribution in [0.2, 0.25) is 10.0 Å². The van der Waals surface area contributed by atoms with Gasteiger partial charge in [0.15, 0.2) is 6.61 Å². The van der Waals surface area contributed by atoms with Crippen molar-refractivity contribution in [2.75, 3.05) is 6.61 Å². The van der Waals surface area contributed by atoms with E-state index in [1.807, 2.05) is 61.5 Å². The zero-order chi connectivity index (χ0) is 19.2. The summed E-state index contributed by atoms with van der Waals surface area (Å²) in [6, 6.07) is 22.5. The summed E-state index contributed by atoms with van der Waals surface area (Å²) < 4.78 is 5.54. The number of carbonyl (C=O) groups is 1. The Morgan fingerprint density at radius 1 is 0.963 bits per heavy atom. The fourth-order valence-corrected chi connectivity index (χ4v) is 3.16. The lowest BCUT2D eigenvalue weighted by atomic mass is 9.98. The number of hydrogen-bond donors (Lipinski definition) is 1. The first-order valence-corrected chi connectivity index (χ1v) is 9.27. The Bertz CT molecular complexity index is 911. The number of nitrogens with one attached hydrogen (secondary N) is 1. The predicted octanol–water partition coefficient (Wildman–Crippen LogP) is 5.59. The molecule has 5 heteroatoms. The SMILES string of the molecule is Cc1ccc([C@H](NC(=O)COc2ccc(Cl)cc2Cl)c2ccccc2)cc1. The molecule has 3 rings (SSSR count). The Kier molecular flexibility index (Phi) is 6.38. The Morgan fingerprint density at radius 2 is 1.63 bits per heavy atom. The first-order chi connectivity index (χ1) is 13.0. The molecule has 138 valence electrons. The van der Waals surface area contributed by atoms with Gasteiger partial charge >= 0.3 is 0 Å². The summed E-state index contributed by atoms with van der Waals surface area (Å²) in [6.45, 7) is 1.89. The average molecular weight is 400 g/mol. The molecule has 0 fully saturated rings. The molecule has 0 aromatic heterocycles. The van der Waals surface area contributed by atoms with Crippen molar-refractivity contribution < 1.29 is 9.53 Å². The van der Waals surface area contributed by atoms with Crippen LogP contribution in [0, 0.1) is 6.92 Å². The molecule has 0 radical (unpaired) electrons. The number of benzene rings is 3. The van der Waals surface area contributed by atoms with Crippen LogP contribution in [0.4, 0.5) is 0 Å². The van der Waals surface area contributed by atoms with E-state index in [0.29, 0.717) is 15.8 Å². The lowest BCUT2D eigenvalue weighted by Gasteiger charge is -2.20. The third kappa shape index (κ3) is 5.25. The molecule has 3 aromatic rings. The number of halogens is 2. The van der Waals surface area contributed by atoms with Crippen LogP contribution in [0.5, 0.6) is 5.75 Å². The van der Waals surface area contributed by atoms with Crippen LogP contribution in [-0.4, -0.2) is 12.5 Å². The Balaban J connectivity index is 1.73. The molecule has 27 heavy (non-hydrogen) atoms. The number of rotatable bonds is 6. The van der Waals surface area contributed by atoms with E-state index < -0.39 is 0 Å². The molecule has 0 aliphatic heterocycles. The van der Waals surface area contributed by atoms with Gasteiger partial charge in [0.1, 0.15) is 5.75 Å². The first kappa shape index (κ1) is 19.3. The van der Waals surface area contributed by atoms with Crippen molar-refractivity contribution in [3.05, 3.63) is 99.5 Å². The third-order valence-corrected chi connectivity index (χ3v) is 4.63. The fourth-order valence-electron chi connectivity index (χ4n) is 2.70. The maximum atomic E-state index is 12.5. The van der Waals surface area contributed by atoms with Crippen LogP contribution in [0.15, 0.2) is 72.8 Å². The minimum absolute atomic E-state index is 0.142. The lowest BCUT2D eigenvalue weighted by molar-refractivity contribution is -0.123. The molecule has 1 amide bonds. The monoisotopic (exact) mass is 399 g/mol. The zero-order valence-corrected chi connectivity index (χ0v) is 16.3. The largest absolute Gasteiger partial charge is 0.482 e. The molecule has 0 saturated heterocycles. The Hall–Kier alpha value is -2.49. The summed E-state index contributed by atoms with van der Waals surface area (Å²) in [5, 5.41) is 3.92. The minimum Gasteiger partial charge on any atom is -0.482 e. The summed E-state index contributed by atoms with van der Waals surface area (Å²) in [7, 11) is 0. The normalized spacial score (nSPS) is 11.7. The summed E-state index contributed by atoms with van der Waals surface area (Å²) in [6.07, 6.45) is 0. The van der Waals surface area contributed by atoms with E-state index in [1.165, 1.54) is 0 Å². The standard InChI is InChI=1S/C22H19Cl2NO2/c1-15-7-9-17(10-8-15)22(16-5-3-2-4-6-16)25-21(26)14-27-20-12-11-18(23)13-19(20)24/h2-13,22H,14H2,1H3,(H,25,26)/t22-/m1/s1. The molecule has 0 saturated carbocycles. The van der Waals surface area contributed by atoms with Gasteiger partial charge in [-0.3, -0.25) is 4.79 Å². The van der Waals surface area contributed by atoms with Gasteiger partial charge in [0.2, 0.25) is 0 Å². The highest BCUT2D eigenvalue weighted by Crippen LogP contribution is 2.27. The summed E-state index contributed by atoms with van der Waals surface area (Å²) in [5.41, 5.74) is 3.17. The van der Waals surface area contributed by atoms with Gasteiger partial charge in [-0.25, -0.2) is 0 Å². The molecule has 0 bridgehead atoms. The number of aryl methyl sites for hydroxylation is 1. The number of hydrogen-bond acceptors (Lipinski definition) is 2. The number of ether oxygens (including phenoxy) is 1. The molecule has 0 spiro atoms. The molecular weight excluding hydrogens is 381 g/mol. The quantitative estimate of drug-likeness (QED) is 0.586. The van der Waals surface area contributed by atoms with E-state index in [2.05, 4.69) is 5.32 Å². The topological polar surface area (TPSA) is 38.3 Å². The van der Waals surface area contributed by atoms with Crippen molar-refractivity contribution >= 4 is 29.1 Å². The van der Waals surface area contributed by atoms with Crippen LogP contribution < -0.4 is 10.1 Å². The van der Waals surface area contributed by atoms with E-state index in [9.17, 15) is 4.79 Å². The van der Waals surface area contributed by atoms with Crippen LogP contribution >= 0.6 is 23.2 Å².